The molecule has 0 aliphatic carbocycles. The number of benzene rings is 1. The van der Waals surface area contributed by atoms with Crippen LogP contribution >= 0.6 is 0 Å². The molecule has 1 aromatic carbocycles. The van der Waals surface area contributed by atoms with E-state index in [1.165, 1.54) is 0 Å². The maximum absolute atomic E-state index is 12.6. The summed E-state index contributed by atoms with van der Waals surface area (Å²) in [7, 11) is 0. The Morgan fingerprint density at radius 2 is 1.95 bits per heavy atom. The maximum atomic E-state index is 12.6. The summed E-state index contributed by atoms with van der Waals surface area (Å²) in [5.74, 6) is 0.597. The Balaban J connectivity index is 2.09. The normalized spacial score (nSPS) is 12.5. The quantitative estimate of drug-likeness (QED) is 0.747. The fourth-order valence-corrected chi connectivity index (χ4v) is 2.23. The molecule has 7 heteroatoms. The third-order valence-electron chi connectivity index (χ3n) is 3.29. The first-order chi connectivity index (χ1) is 9.86. The van der Waals surface area contributed by atoms with Gasteiger partial charge in [0, 0.05) is 0 Å². The van der Waals surface area contributed by atoms with Crippen molar-refractivity contribution in [3.63, 3.8) is 0 Å². The van der Waals surface area contributed by atoms with E-state index >= 15 is 0 Å². The van der Waals surface area contributed by atoms with Crippen molar-refractivity contribution in [2.45, 2.75) is 25.9 Å². The van der Waals surface area contributed by atoms with Crippen LogP contribution in [0, 0.1) is 0 Å². The molecule has 0 radical (unpaired) electrons. The van der Waals surface area contributed by atoms with E-state index in [0.29, 0.717) is 5.82 Å². The molecule has 0 atom stereocenters. The smallest absolute Gasteiger partial charge is 0.337 e. The van der Waals surface area contributed by atoms with Crippen molar-refractivity contribution >= 4 is 11.0 Å². The maximum Gasteiger partial charge on any atom is 0.432 e. The minimum Gasteiger partial charge on any atom is -0.337 e. The van der Waals surface area contributed by atoms with Crippen molar-refractivity contribution in [1.82, 2.24) is 20.2 Å². The molecular weight excluding hydrogens is 281 g/mol. The zero-order chi connectivity index (χ0) is 15.2. The van der Waals surface area contributed by atoms with Crippen molar-refractivity contribution in [1.29, 1.82) is 0 Å². The summed E-state index contributed by atoms with van der Waals surface area (Å²) in [6.07, 6.45) is -4.44. The summed E-state index contributed by atoms with van der Waals surface area (Å²) in [6.45, 7) is 4.08. The van der Waals surface area contributed by atoms with Crippen LogP contribution in [-0.4, -0.2) is 20.2 Å². The molecule has 2 aromatic heterocycles. The number of nitrogens with zero attached hydrogens (tertiary/aromatic N) is 2. The van der Waals surface area contributed by atoms with Crippen LogP contribution < -0.4 is 0 Å². The highest BCUT2D eigenvalue weighted by Crippen LogP contribution is 2.31. The van der Waals surface area contributed by atoms with Gasteiger partial charge in [0.15, 0.2) is 5.82 Å². The number of fused-ring (bicyclic) bond motifs is 1. The Kier molecular flexibility index (Phi) is 3.00. The van der Waals surface area contributed by atoms with Gasteiger partial charge in [-0.05, 0) is 23.6 Å². The van der Waals surface area contributed by atoms with E-state index in [1.54, 1.807) is 0 Å². The molecule has 2 heterocycles. The highest BCUT2D eigenvalue weighted by Gasteiger charge is 2.33. The molecule has 0 aliphatic rings. The van der Waals surface area contributed by atoms with Gasteiger partial charge in [-0.3, -0.25) is 5.10 Å². The first-order valence-corrected chi connectivity index (χ1v) is 6.48. The van der Waals surface area contributed by atoms with Crippen LogP contribution in [0.2, 0.25) is 0 Å². The largest absolute Gasteiger partial charge is 0.432 e. The second-order valence-corrected chi connectivity index (χ2v) is 5.15. The molecule has 2 N–H and O–H groups in total. The Hall–Kier alpha value is -2.31. The van der Waals surface area contributed by atoms with Crippen molar-refractivity contribution < 1.29 is 13.2 Å². The lowest BCUT2D eigenvalue weighted by Crippen LogP contribution is -2.04. The summed E-state index contributed by atoms with van der Waals surface area (Å²) in [6, 6.07) is 6.65. The fraction of sp³-hybridized carbons (Fsp3) is 0.286. The molecule has 21 heavy (non-hydrogen) atoms. The van der Waals surface area contributed by atoms with Gasteiger partial charge in [0.2, 0.25) is 0 Å². The molecule has 0 bridgehead atoms. The minimum atomic E-state index is -4.44. The molecule has 110 valence electrons. The number of H-pyrrole nitrogens is 2. The lowest BCUT2D eigenvalue weighted by atomic mass is 10.0. The van der Waals surface area contributed by atoms with E-state index in [1.807, 2.05) is 37.1 Å². The average molecular weight is 294 g/mol. The number of hydrogen-bond acceptors (Lipinski definition) is 2. The van der Waals surface area contributed by atoms with Gasteiger partial charge in [-0.25, -0.2) is 4.98 Å². The molecular formula is C14H13F3N4. The van der Waals surface area contributed by atoms with E-state index in [2.05, 4.69) is 15.1 Å². The fourth-order valence-electron chi connectivity index (χ4n) is 2.23. The lowest BCUT2D eigenvalue weighted by molar-refractivity contribution is -0.141. The number of alkyl halides is 3. The summed E-state index contributed by atoms with van der Waals surface area (Å²) in [5, 5.41) is 5.67. The van der Waals surface area contributed by atoms with E-state index in [0.717, 1.165) is 22.7 Å². The van der Waals surface area contributed by atoms with Crippen LogP contribution in [0.25, 0.3) is 22.6 Å². The van der Waals surface area contributed by atoms with Gasteiger partial charge in [0.05, 0.1) is 11.0 Å². The van der Waals surface area contributed by atoms with Crippen LogP contribution in [0.5, 0.6) is 0 Å². The second-order valence-electron chi connectivity index (χ2n) is 5.15. The number of aromatic nitrogens is 4. The predicted octanol–water partition coefficient (Wildman–Crippen LogP) is 4.10. The van der Waals surface area contributed by atoms with Gasteiger partial charge >= 0.3 is 6.18 Å². The third-order valence-corrected chi connectivity index (χ3v) is 3.29. The van der Waals surface area contributed by atoms with E-state index < -0.39 is 11.9 Å². The summed E-state index contributed by atoms with van der Waals surface area (Å²) < 4.78 is 37.8. The molecule has 0 saturated heterocycles. The van der Waals surface area contributed by atoms with E-state index in [4.69, 9.17) is 0 Å². The van der Waals surface area contributed by atoms with Crippen molar-refractivity contribution in [3.05, 3.63) is 35.5 Å². The van der Waals surface area contributed by atoms with Crippen LogP contribution in [0.3, 0.4) is 0 Å². The standard InChI is InChI=1S/C14H13F3N4/c1-7(2)8-4-3-5-9-12(8)19-13(18-9)10-6-11(21-20-10)14(15,16)17/h3-7H,1-2H3,(H,18,19)(H,20,21). The zero-order valence-electron chi connectivity index (χ0n) is 11.4. The van der Waals surface area contributed by atoms with Crippen molar-refractivity contribution in [3.8, 4) is 11.5 Å². The van der Waals surface area contributed by atoms with Gasteiger partial charge in [0.1, 0.15) is 11.4 Å². The Morgan fingerprint density at radius 3 is 2.57 bits per heavy atom. The number of rotatable bonds is 2. The number of nitrogens with one attached hydrogen (secondary N) is 2. The van der Waals surface area contributed by atoms with Crippen LogP contribution in [0.15, 0.2) is 24.3 Å². The zero-order valence-corrected chi connectivity index (χ0v) is 11.4. The summed E-state index contributed by atoms with van der Waals surface area (Å²) in [4.78, 5) is 7.41. The first-order valence-electron chi connectivity index (χ1n) is 6.48. The van der Waals surface area contributed by atoms with Crippen LogP contribution in [0.1, 0.15) is 31.0 Å². The molecule has 0 saturated carbocycles. The molecule has 0 spiro atoms. The van der Waals surface area contributed by atoms with Gasteiger partial charge in [-0.2, -0.15) is 18.3 Å². The average Bonchev–Trinajstić information content (AvgIpc) is 3.03. The first kappa shape index (κ1) is 13.7. The van der Waals surface area contributed by atoms with E-state index in [9.17, 15) is 13.2 Å². The number of aromatic amines is 2. The van der Waals surface area contributed by atoms with E-state index in [-0.39, 0.29) is 11.6 Å². The molecule has 3 aromatic rings. The Morgan fingerprint density at radius 1 is 1.19 bits per heavy atom. The Labute approximate surface area is 118 Å². The second kappa shape index (κ2) is 4.61. The highest BCUT2D eigenvalue weighted by atomic mass is 19.4. The molecule has 0 unspecified atom stereocenters. The SMILES string of the molecule is CC(C)c1cccc2[nH]c(-c3cc(C(F)(F)F)[nH]n3)nc12. The van der Waals surface area contributed by atoms with Gasteiger partial charge in [-0.15, -0.1) is 0 Å². The Bertz CT molecular complexity index is 783. The molecule has 0 fully saturated rings. The highest BCUT2D eigenvalue weighted by molar-refractivity contribution is 5.82. The van der Waals surface area contributed by atoms with Crippen molar-refractivity contribution in [2.24, 2.45) is 0 Å². The third kappa shape index (κ3) is 2.39. The van der Waals surface area contributed by atoms with Gasteiger partial charge in [0.25, 0.3) is 0 Å². The van der Waals surface area contributed by atoms with Gasteiger partial charge < -0.3 is 4.98 Å². The summed E-state index contributed by atoms with van der Waals surface area (Å²) in [5.41, 5.74) is 1.85. The number of halogens is 3. The topological polar surface area (TPSA) is 57.4 Å². The molecule has 4 nitrogen and oxygen atoms in total. The molecule has 0 aliphatic heterocycles. The van der Waals surface area contributed by atoms with Gasteiger partial charge in [-0.1, -0.05) is 26.0 Å². The van der Waals surface area contributed by atoms with Crippen molar-refractivity contribution in [2.75, 3.05) is 0 Å². The monoisotopic (exact) mass is 294 g/mol. The predicted molar refractivity (Wildman–Crippen MR) is 72.8 cm³/mol. The van der Waals surface area contributed by atoms with Crippen LogP contribution in [-0.2, 0) is 6.18 Å². The molecule has 3 rings (SSSR count). The van der Waals surface area contributed by atoms with Crippen LogP contribution in [0.4, 0.5) is 13.2 Å². The minimum absolute atomic E-state index is 0.147. The number of hydrogen-bond donors (Lipinski definition) is 2. The lowest BCUT2D eigenvalue weighted by Gasteiger charge is -2.04. The number of para-hydroxylation sites is 1. The number of imidazole rings is 1. The summed E-state index contributed by atoms with van der Waals surface area (Å²) >= 11 is 0. The molecule has 0 amide bonds.